The van der Waals surface area contributed by atoms with Gasteiger partial charge in [0.05, 0.1) is 19.3 Å². The summed E-state index contributed by atoms with van der Waals surface area (Å²) < 4.78 is 17.6. The molecule has 2 aliphatic rings. The fourth-order valence-corrected chi connectivity index (χ4v) is 3.46. The molecule has 21 heavy (non-hydrogen) atoms. The Kier molecular flexibility index (Phi) is 4.29. The lowest BCUT2D eigenvalue weighted by Gasteiger charge is -2.47. The average molecular weight is 312 g/mol. The molecule has 0 radical (unpaired) electrons. The lowest BCUT2D eigenvalue weighted by molar-refractivity contribution is -0.153. The lowest BCUT2D eigenvalue weighted by atomic mass is 9.74. The van der Waals surface area contributed by atoms with E-state index >= 15 is 0 Å². The Bertz CT molecular complexity index is 491. The summed E-state index contributed by atoms with van der Waals surface area (Å²) in [4.78, 5) is 0. The highest BCUT2D eigenvalue weighted by molar-refractivity contribution is 6.30. The summed E-state index contributed by atoms with van der Waals surface area (Å²) >= 11 is 6.09. The summed E-state index contributed by atoms with van der Waals surface area (Å²) in [6.07, 6.45) is 5.55. The second kappa shape index (κ2) is 6.03. The molecular weight excluding hydrogens is 290 g/mol. The molecule has 2 N–H and O–H groups in total. The molecule has 1 unspecified atom stereocenters. The molecule has 1 heterocycles. The molecule has 116 valence electrons. The average Bonchev–Trinajstić information content (AvgIpc) is 2.47. The predicted molar refractivity (Wildman–Crippen MR) is 82.1 cm³/mol. The van der Waals surface area contributed by atoms with Crippen molar-refractivity contribution in [2.75, 3.05) is 13.7 Å². The van der Waals surface area contributed by atoms with E-state index in [-0.39, 0.29) is 11.7 Å². The van der Waals surface area contributed by atoms with Crippen LogP contribution in [0.1, 0.15) is 37.7 Å². The molecule has 2 fully saturated rings. The Morgan fingerprint density at radius 2 is 2.24 bits per heavy atom. The number of methoxy groups -OCH3 is 1. The largest absolute Gasteiger partial charge is 0.493 e. The highest BCUT2D eigenvalue weighted by Crippen LogP contribution is 2.44. The van der Waals surface area contributed by atoms with E-state index in [1.54, 1.807) is 13.2 Å². The Hall–Kier alpha value is -0.970. The van der Waals surface area contributed by atoms with Crippen molar-refractivity contribution in [1.82, 2.24) is 0 Å². The zero-order valence-corrected chi connectivity index (χ0v) is 13.1. The number of hydrogen-bond donors (Lipinski definition) is 1. The number of hydrogen-bond acceptors (Lipinski definition) is 4. The van der Waals surface area contributed by atoms with Crippen LogP contribution < -0.4 is 15.2 Å². The highest BCUT2D eigenvalue weighted by Gasteiger charge is 2.43. The Morgan fingerprint density at radius 1 is 1.43 bits per heavy atom. The summed E-state index contributed by atoms with van der Waals surface area (Å²) in [6.45, 7) is 1.14. The van der Waals surface area contributed by atoms with Crippen LogP contribution >= 0.6 is 11.6 Å². The molecule has 0 bridgehead atoms. The molecular formula is C16H22ClNO3. The molecule has 1 saturated heterocycles. The molecule has 1 atom stereocenters. The van der Waals surface area contributed by atoms with E-state index in [1.165, 1.54) is 6.42 Å². The van der Waals surface area contributed by atoms with Gasteiger partial charge in [0.2, 0.25) is 0 Å². The van der Waals surface area contributed by atoms with Gasteiger partial charge in [-0.05, 0) is 25.3 Å². The van der Waals surface area contributed by atoms with Crippen molar-refractivity contribution in [3.63, 3.8) is 0 Å². The fourth-order valence-electron chi connectivity index (χ4n) is 3.23. The first-order valence-corrected chi connectivity index (χ1v) is 7.91. The van der Waals surface area contributed by atoms with Crippen molar-refractivity contribution in [3.05, 3.63) is 22.7 Å². The molecule has 5 heteroatoms. The van der Waals surface area contributed by atoms with E-state index in [0.29, 0.717) is 17.3 Å². The van der Waals surface area contributed by atoms with E-state index in [2.05, 4.69) is 0 Å². The van der Waals surface area contributed by atoms with Gasteiger partial charge in [0, 0.05) is 36.0 Å². The molecule has 3 rings (SSSR count). The van der Waals surface area contributed by atoms with Crippen LogP contribution in [0.3, 0.4) is 0 Å². The molecule has 1 aromatic carbocycles. The van der Waals surface area contributed by atoms with Crippen LogP contribution in [-0.4, -0.2) is 25.4 Å². The number of ether oxygens (including phenoxy) is 3. The van der Waals surface area contributed by atoms with Crippen molar-refractivity contribution < 1.29 is 14.2 Å². The first-order chi connectivity index (χ1) is 10.2. The minimum atomic E-state index is 0.0610. The minimum absolute atomic E-state index is 0.0610. The molecule has 0 aromatic heterocycles. The predicted octanol–water partition coefficient (Wildman–Crippen LogP) is 3.29. The second-order valence-corrected chi connectivity index (χ2v) is 6.35. The Morgan fingerprint density at radius 3 is 2.86 bits per heavy atom. The zero-order chi connectivity index (χ0) is 14.9. The van der Waals surface area contributed by atoms with Gasteiger partial charge >= 0.3 is 0 Å². The molecule has 1 spiro atoms. The maximum Gasteiger partial charge on any atom is 0.166 e. The van der Waals surface area contributed by atoms with Crippen molar-refractivity contribution in [2.45, 2.75) is 50.4 Å². The quantitative estimate of drug-likeness (QED) is 0.927. The van der Waals surface area contributed by atoms with Crippen molar-refractivity contribution in [1.29, 1.82) is 0 Å². The van der Waals surface area contributed by atoms with E-state index < -0.39 is 0 Å². The van der Waals surface area contributed by atoms with E-state index in [4.69, 9.17) is 31.5 Å². The number of rotatable bonds is 4. The Labute approximate surface area is 130 Å². The second-order valence-electron chi connectivity index (χ2n) is 5.92. The van der Waals surface area contributed by atoms with Crippen molar-refractivity contribution in [3.8, 4) is 11.5 Å². The van der Waals surface area contributed by atoms with Gasteiger partial charge in [0.25, 0.3) is 0 Å². The first kappa shape index (κ1) is 14.9. The van der Waals surface area contributed by atoms with Gasteiger partial charge in [0.1, 0.15) is 6.10 Å². The highest BCUT2D eigenvalue weighted by atomic mass is 35.5. The Balaban J connectivity index is 1.80. The molecule has 1 saturated carbocycles. The number of halogens is 1. The van der Waals surface area contributed by atoms with E-state index in [1.807, 2.05) is 6.07 Å². The SMILES string of the molecule is COc1cc(Cl)cc(CN)c1OC1CCOC2(CCC2)C1. The summed E-state index contributed by atoms with van der Waals surface area (Å²) in [6, 6.07) is 3.62. The smallest absolute Gasteiger partial charge is 0.166 e. The van der Waals surface area contributed by atoms with Crippen molar-refractivity contribution >= 4 is 11.6 Å². The minimum Gasteiger partial charge on any atom is -0.493 e. The standard InChI is InChI=1S/C16H22ClNO3/c1-19-14-8-12(17)7-11(10-18)15(14)21-13-3-6-20-16(9-13)4-2-5-16/h7-8,13H,2-6,9-10,18H2,1H3. The van der Waals surface area contributed by atoms with E-state index in [9.17, 15) is 0 Å². The van der Waals surface area contributed by atoms with Crippen LogP contribution in [0.2, 0.25) is 5.02 Å². The van der Waals surface area contributed by atoms with Crippen LogP contribution in [0.15, 0.2) is 12.1 Å². The van der Waals surface area contributed by atoms with Gasteiger partial charge in [-0.3, -0.25) is 0 Å². The van der Waals surface area contributed by atoms with Crippen LogP contribution in [-0.2, 0) is 11.3 Å². The molecule has 1 aliphatic carbocycles. The first-order valence-electron chi connectivity index (χ1n) is 7.53. The molecule has 1 aromatic rings. The molecule has 4 nitrogen and oxygen atoms in total. The lowest BCUT2D eigenvalue weighted by Crippen LogP contribution is -2.48. The van der Waals surface area contributed by atoms with Crippen LogP contribution in [0.4, 0.5) is 0 Å². The monoisotopic (exact) mass is 311 g/mol. The third kappa shape index (κ3) is 2.98. The normalized spacial score (nSPS) is 23.7. The number of nitrogens with two attached hydrogens (primary N) is 1. The van der Waals surface area contributed by atoms with Gasteiger partial charge in [-0.15, -0.1) is 0 Å². The summed E-state index contributed by atoms with van der Waals surface area (Å²) in [5.41, 5.74) is 6.76. The van der Waals surface area contributed by atoms with Gasteiger partial charge in [-0.25, -0.2) is 0 Å². The van der Waals surface area contributed by atoms with Gasteiger partial charge in [-0.2, -0.15) is 0 Å². The molecule has 1 aliphatic heterocycles. The van der Waals surface area contributed by atoms with Gasteiger partial charge < -0.3 is 19.9 Å². The number of benzene rings is 1. The van der Waals surface area contributed by atoms with E-state index in [0.717, 1.165) is 43.6 Å². The third-order valence-electron chi connectivity index (χ3n) is 4.53. The van der Waals surface area contributed by atoms with Crippen LogP contribution in [0.25, 0.3) is 0 Å². The zero-order valence-electron chi connectivity index (χ0n) is 12.4. The summed E-state index contributed by atoms with van der Waals surface area (Å²) in [7, 11) is 1.62. The van der Waals surface area contributed by atoms with Gasteiger partial charge in [0.15, 0.2) is 11.5 Å². The van der Waals surface area contributed by atoms with Gasteiger partial charge in [-0.1, -0.05) is 11.6 Å². The third-order valence-corrected chi connectivity index (χ3v) is 4.75. The summed E-state index contributed by atoms with van der Waals surface area (Å²) in [5.74, 6) is 1.38. The topological polar surface area (TPSA) is 53.7 Å². The van der Waals surface area contributed by atoms with Crippen LogP contribution in [0, 0.1) is 0 Å². The maximum absolute atomic E-state index is 6.24. The fraction of sp³-hybridized carbons (Fsp3) is 0.625. The van der Waals surface area contributed by atoms with Crippen LogP contribution in [0.5, 0.6) is 11.5 Å². The maximum atomic E-state index is 6.24. The summed E-state index contributed by atoms with van der Waals surface area (Å²) in [5, 5.41) is 0.613. The van der Waals surface area contributed by atoms with Crippen molar-refractivity contribution in [2.24, 2.45) is 5.73 Å². The molecule has 0 amide bonds.